The van der Waals surface area contributed by atoms with Gasteiger partial charge in [0.15, 0.2) is 0 Å². The molecule has 0 aromatic heterocycles. The molecule has 0 heterocycles. The van der Waals surface area contributed by atoms with Gasteiger partial charge in [-0.15, -0.1) is 0 Å². The summed E-state index contributed by atoms with van der Waals surface area (Å²) in [4.78, 5) is 10.6. The van der Waals surface area contributed by atoms with E-state index in [9.17, 15) is 17.6 Å². The van der Waals surface area contributed by atoms with E-state index in [1.54, 1.807) is 6.92 Å². The first kappa shape index (κ1) is 15.6. The number of carboxylic acid groups (broad SMARTS) is 1. The summed E-state index contributed by atoms with van der Waals surface area (Å²) in [6.07, 6.45) is 0.685. The molecule has 0 saturated carbocycles. The Morgan fingerprint density at radius 1 is 1.47 bits per heavy atom. The summed E-state index contributed by atoms with van der Waals surface area (Å²) in [5, 5.41) is 8.91. The third-order valence-corrected chi connectivity index (χ3v) is 4.10. The van der Waals surface area contributed by atoms with Gasteiger partial charge in [-0.05, 0) is 31.0 Å². The normalized spacial score (nSPS) is 13.2. The van der Waals surface area contributed by atoms with Crippen molar-refractivity contribution < 1.29 is 22.7 Å². The van der Waals surface area contributed by atoms with Gasteiger partial charge in [-0.2, -0.15) is 4.72 Å². The largest absolute Gasteiger partial charge is 0.480 e. The molecule has 19 heavy (non-hydrogen) atoms. The van der Waals surface area contributed by atoms with Crippen LogP contribution in [0.5, 0.6) is 0 Å². The van der Waals surface area contributed by atoms with Gasteiger partial charge in [0.25, 0.3) is 0 Å². The van der Waals surface area contributed by atoms with Crippen molar-refractivity contribution in [1.82, 2.24) is 4.72 Å². The number of sulfonamides is 1. The van der Waals surface area contributed by atoms with Crippen LogP contribution in [0.3, 0.4) is 0 Å². The number of aliphatic carboxylic acids is 1. The molecule has 0 aliphatic carbocycles. The topological polar surface area (TPSA) is 83.5 Å². The van der Waals surface area contributed by atoms with Crippen LogP contribution in [0.15, 0.2) is 23.1 Å². The lowest BCUT2D eigenvalue weighted by atomic mass is 10.2. The lowest BCUT2D eigenvalue weighted by Crippen LogP contribution is -2.40. The summed E-state index contributed by atoms with van der Waals surface area (Å²) in [5.41, 5.74) is 0.322. The summed E-state index contributed by atoms with van der Waals surface area (Å²) < 4.78 is 39.3. The second-order valence-corrected chi connectivity index (χ2v) is 5.93. The van der Waals surface area contributed by atoms with Crippen molar-refractivity contribution >= 4 is 16.0 Å². The molecule has 0 fully saturated rings. The van der Waals surface area contributed by atoms with Gasteiger partial charge in [-0.3, -0.25) is 4.79 Å². The third-order valence-electron chi connectivity index (χ3n) is 2.63. The summed E-state index contributed by atoms with van der Waals surface area (Å²) >= 11 is 0. The number of aryl methyl sites for hydroxylation is 1. The third kappa shape index (κ3) is 4.00. The van der Waals surface area contributed by atoms with Gasteiger partial charge in [-0.1, -0.05) is 19.4 Å². The average molecular weight is 289 g/mol. The van der Waals surface area contributed by atoms with E-state index in [-0.39, 0.29) is 11.3 Å². The van der Waals surface area contributed by atoms with E-state index in [4.69, 9.17) is 5.11 Å². The molecule has 0 bridgehead atoms. The molecular weight excluding hydrogens is 273 g/mol. The molecule has 0 amide bonds. The van der Waals surface area contributed by atoms with Gasteiger partial charge in [0, 0.05) is 0 Å². The Bertz CT molecular complexity index is 571. The van der Waals surface area contributed by atoms with E-state index in [0.717, 1.165) is 6.07 Å². The second kappa shape index (κ2) is 6.12. The number of hydrogen-bond donors (Lipinski definition) is 2. The zero-order valence-electron chi connectivity index (χ0n) is 10.7. The first-order chi connectivity index (χ1) is 8.77. The van der Waals surface area contributed by atoms with Crippen molar-refractivity contribution in [2.75, 3.05) is 0 Å². The average Bonchev–Trinajstić information content (AvgIpc) is 2.31. The van der Waals surface area contributed by atoms with Crippen molar-refractivity contribution in [2.24, 2.45) is 0 Å². The molecule has 106 valence electrons. The smallest absolute Gasteiger partial charge is 0.321 e. The number of nitrogens with one attached hydrogen (secondary N) is 1. The molecule has 1 unspecified atom stereocenters. The standard InChI is InChI=1S/C12H16FNO4S/c1-3-4-11(12(15)16)14-19(17,18)9-6-5-8(2)10(13)7-9/h5-7,11,14H,3-4H2,1-2H3,(H,15,16). The van der Waals surface area contributed by atoms with E-state index < -0.39 is 27.9 Å². The van der Waals surface area contributed by atoms with E-state index >= 15 is 0 Å². The van der Waals surface area contributed by atoms with E-state index in [1.807, 2.05) is 0 Å². The van der Waals surface area contributed by atoms with Gasteiger partial charge in [0.05, 0.1) is 4.90 Å². The highest BCUT2D eigenvalue weighted by atomic mass is 32.2. The number of halogens is 1. The van der Waals surface area contributed by atoms with Gasteiger partial charge in [0.1, 0.15) is 11.9 Å². The van der Waals surface area contributed by atoms with Crippen LogP contribution in [0.1, 0.15) is 25.3 Å². The maximum atomic E-state index is 13.3. The molecular formula is C12H16FNO4S. The highest BCUT2D eigenvalue weighted by molar-refractivity contribution is 7.89. The lowest BCUT2D eigenvalue weighted by molar-refractivity contribution is -0.139. The minimum Gasteiger partial charge on any atom is -0.480 e. The van der Waals surface area contributed by atoms with Crippen LogP contribution in [0.4, 0.5) is 4.39 Å². The summed E-state index contributed by atoms with van der Waals surface area (Å²) in [6, 6.07) is 2.24. The van der Waals surface area contributed by atoms with Gasteiger partial charge in [-0.25, -0.2) is 12.8 Å². The van der Waals surface area contributed by atoms with Crippen LogP contribution >= 0.6 is 0 Å². The zero-order chi connectivity index (χ0) is 14.6. The Morgan fingerprint density at radius 3 is 2.58 bits per heavy atom. The predicted molar refractivity (Wildman–Crippen MR) is 67.8 cm³/mol. The molecule has 0 aliphatic heterocycles. The zero-order valence-corrected chi connectivity index (χ0v) is 11.5. The quantitative estimate of drug-likeness (QED) is 0.834. The number of carbonyl (C=O) groups is 1. The maximum Gasteiger partial charge on any atom is 0.321 e. The van der Waals surface area contributed by atoms with Crippen LogP contribution in [-0.2, 0) is 14.8 Å². The van der Waals surface area contributed by atoms with Crippen molar-refractivity contribution in [3.05, 3.63) is 29.6 Å². The molecule has 5 nitrogen and oxygen atoms in total. The Kier molecular flexibility index (Phi) is 5.02. The molecule has 0 aliphatic rings. The number of rotatable bonds is 6. The lowest BCUT2D eigenvalue weighted by Gasteiger charge is -2.14. The predicted octanol–water partition coefficient (Wildman–Crippen LogP) is 1.67. The van der Waals surface area contributed by atoms with Crippen LogP contribution in [0.25, 0.3) is 0 Å². The Hall–Kier alpha value is -1.47. The molecule has 1 aromatic rings. The van der Waals surface area contributed by atoms with Gasteiger partial charge >= 0.3 is 5.97 Å². The van der Waals surface area contributed by atoms with Gasteiger partial charge < -0.3 is 5.11 Å². The summed E-state index contributed by atoms with van der Waals surface area (Å²) in [6.45, 7) is 3.26. The highest BCUT2D eigenvalue weighted by Crippen LogP contribution is 2.15. The van der Waals surface area contributed by atoms with Crippen molar-refractivity contribution in [2.45, 2.75) is 37.6 Å². The van der Waals surface area contributed by atoms with E-state index in [0.29, 0.717) is 12.0 Å². The van der Waals surface area contributed by atoms with Crippen molar-refractivity contribution in [3.8, 4) is 0 Å². The monoisotopic (exact) mass is 289 g/mol. The van der Waals surface area contributed by atoms with Crippen LogP contribution in [0.2, 0.25) is 0 Å². The Morgan fingerprint density at radius 2 is 2.11 bits per heavy atom. The minimum absolute atomic E-state index is 0.170. The van der Waals surface area contributed by atoms with Crippen LogP contribution in [0, 0.1) is 12.7 Å². The van der Waals surface area contributed by atoms with Crippen molar-refractivity contribution in [3.63, 3.8) is 0 Å². The number of benzene rings is 1. The van der Waals surface area contributed by atoms with Gasteiger partial charge in [0.2, 0.25) is 10.0 Å². The molecule has 7 heteroatoms. The highest BCUT2D eigenvalue weighted by Gasteiger charge is 2.25. The molecule has 0 radical (unpaired) electrons. The first-order valence-corrected chi connectivity index (χ1v) is 7.27. The minimum atomic E-state index is -4.04. The van der Waals surface area contributed by atoms with Crippen molar-refractivity contribution in [1.29, 1.82) is 0 Å². The summed E-state index contributed by atoms with van der Waals surface area (Å²) in [5.74, 6) is -1.90. The fourth-order valence-electron chi connectivity index (χ4n) is 1.52. The maximum absolute atomic E-state index is 13.3. The molecule has 1 aromatic carbocycles. The number of carboxylic acids is 1. The summed E-state index contributed by atoms with van der Waals surface area (Å²) in [7, 11) is -4.04. The molecule has 1 atom stereocenters. The van der Waals surface area contributed by atoms with Crippen LogP contribution < -0.4 is 4.72 Å². The Labute approximate surface area is 111 Å². The fraction of sp³-hybridized carbons (Fsp3) is 0.417. The van der Waals surface area contributed by atoms with Crippen LogP contribution in [-0.4, -0.2) is 25.5 Å². The fourth-order valence-corrected chi connectivity index (χ4v) is 2.75. The number of hydrogen-bond acceptors (Lipinski definition) is 3. The molecule has 0 spiro atoms. The van der Waals surface area contributed by atoms with E-state index in [1.165, 1.54) is 19.1 Å². The molecule has 0 saturated heterocycles. The first-order valence-electron chi connectivity index (χ1n) is 5.79. The molecule has 2 N–H and O–H groups in total. The van der Waals surface area contributed by atoms with E-state index in [2.05, 4.69) is 4.72 Å². The second-order valence-electron chi connectivity index (χ2n) is 4.21. The molecule has 1 rings (SSSR count). The Balaban J connectivity index is 3.03. The SMILES string of the molecule is CCCC(NS(=O)(=O)c1ccc(C)c(F)c1)C(=O)O.